The zero-order chi connectivity index (χ0) is 16.7. The van der Waals surface area contributed by atoms with Crippen molar-refractivity contribution in [2.75, 3.05) is 19.8 Å². The summed E-state index contributed by atoms with van der Waals surface area (Å²) in [4.78, 5) is 15.1. The molecule has 6 heteroatoms. The summed E-state index contributed by atoms with van der Waals surface area (Å²) < 4.78 is 13.5. The normalized spacial score (nSPS) is 26.8. The van der Waals surface area contributed by atoms with Gasteiger partial charge in [-0.05, 0) is 25.8 Å². The summed E-state index contributed by atoms with van der Waals surface area (Å²) in [6, 6.07) is 7.95. The van der Waals surface area contributed by atoms with Crippen LogP contribution >= 0.6 is 0 Å². The zero-order valence-electron chi connectivity index (χ0n) is 14.1. The smallest absolute Gasteiger partial charge is 0.275 e. The molecule has 1 saturated heterocycles. The quantitative estimate of drug-likeness (QED) is 0.864. The first-order valence-electron chi connectivity index (χ1n) is 8.66. The van der Waals surface area contributed by atoms with Crippen LogP contribution in [-0.4, -0.2) is 58.6 Å². The summed E-state index contributed by atoms with van der Waals surface area (Å²) in [5.41, 5.74) is 1.51. The highest BCUT2D eigenvalue weighted by atomic mass is 16.5. The Hall–Kier alpha value is -1.92. The Morgan fingerprint density at radius 1 is 1.38 bits per heavy atom. The van der Waals surface area contributed by atoms with Crippen molar-refractivity contribution in [1.82, 2.24) is 14.7 Å². The maximum absolute atomic E-state index is 13.2. The van der Waals surface area contributed by atoms with Crippen molar-refractivity contribution in [1.29, 1.82) is 0 Å². The Balaban J connectivity index is 1.64. The van der Waals surface area contributed by atoms with Crippen LogP contribution in [0.3, 0.4) is 0 Å². The molecule has 1 amide bonds. The second-order valence-corrected chi connectivity index (χ2v) is 6.46. The first-order valence-corrected chi connectivity index (χ1v) is 8.66. The number of aryl methyl sites for hydroxylation is 1. The van der Waals surface area contributed by atoms with Crippen LogP contribution < -0.4 is 0 Å². The average molecular weight is 329 g/mol. The standard InChI is InChI=1S/C18H23N3O3/c1-3-23-15-9-8-14-17(15)24-11-10-21(14)18(22)16-12-6-4-5-7-13(12)20(2)19-16/h4-7,14-15,17H,3,8-11H2,1-2H3/t14-,15-,17+/m0/s1. The van der Waals surface area contributed by atoms with Gasteiger partial charge >= 0.3 is 0 Å². The molecule has 1 aromatic carbocycles. The number of amides is 1. The van der Waals surface area contributed by atoms with Gasteiger partial charge in [0.05, 0.1) is 24.3 Å². The number of para-hydroxylation sites is 1. The molecule has 128 valence electrons. The molecule has 24 heavy (non-hydrogen) atoms. The Labute approximate surface area is 141 Å². The molecular formula is C18H23N3O3. The van der Waals surface area contributed by atoms with Crippen molar-refractivity contribution < 1.29 is 14.3 Å². The van der Waals surface area contributed by atoms with Crippen LogP contribution in [0.2, 0.25) is 0 Å². The fourth-order valence-corrected chi connectivity index (χ4v) is 4.07. The van der Waals surface area contributed by atoms with Crippen molar-refractivity contribution in [2.45, 2.75) is 38.0 Å². The van der Waals surface area contributed by atoms with Crippen LogP contribution in [0.4, 0.5) is 0 Å². The van der Waals surface area contributed by atoms with Gasteiger partial charge in [-0.3, -0.25) is 9.48 Å². The third-order valence-corrected chi connectivity index (χ3v) is 5.14. The van der Waals surface area contributed by atoms with Crippen molar-refractivity contribution in [3.05, 3.63) is 30.0 Å². The largest absolute Gasteiger partial charge is 0.376 e. The first kappa shape index (κ1) is 15.6. The lowest BCUT2D eigenvalue weighted by molar-refractivity contribution is -0.102. The van der Waals surface area contributed by atoms with Gasteiger partial charge in [0.25, 0.3) is 5.91 Å². The van der Waals surface area contributed by atoms with E-state index >= 15 is 0 Å². The summed E-state index contributed by atoms with van der Waals surface area (Å²) in [7, 11) is 1.88. The topological polar surface area (TPSA) is 56.6 Å². The van der Waals surface area contributed by atoms with E-state index in [1.54, 1.807) is 4.68 Å². The van der Waals surface area contributed by atoms with Gasteiger partial charge < -0.3 is 14.4 Å². The molecule has 0 bridgehead atoms. The highest BCUT2D eigenvalue weighted by Gasteiger charge is 2.45. The molecule has 0 unspecified atom stereocenters. The van der Waals surface area contributed by atoms with E-state index in [1.807, 2.05) is 43.1 Å². The van der Waals surface area contributed by atoms with Gasteiger partial charge in [0.1, 0.15) is 6.10 Å². The van der Waals surface area contributed by atoms with E-state index < -0.39 is 0 Å². The van der Waals surface area contributed by atoms with Crippen LogP contribution in [-0.2, 0) is 16.5 Å². The summed E-state index contributed by atoms with van der Waals surface area (Å²) in [5, 5.41) is 5.40. The number of fused-ring (bicyclic) bond motifs is 2. The summed E-state index contributed by atoms with van der Waals surface area (Å²) in [6.07, 6.45) is 1.94. The monoisotopic (exact) mass is 329 g/mol. The molecule has 1 aliphatic heterocycles. The van der Waals surface area contributed by atoms with Crippen LogP contribution in [0.5, 0.6) is 0 Å². The van der Waals surface area contributed by atoms with Crippen LogP contribution in [0.15, 0.2) is 24.3 Å². The van der Waals surface area contributed by atoms with Crippen molar-refractivity contribution in [3.8, 4) is 0 Å². The van der Waals surface area contributed by atoms with Crippen LogP contribution in [0.25, 0.3) is 10.9 Å². The second kappa shape index (κ2) is 6.18. The fraction of sp³-hybridized carbons (Fsp3) is 0.556. The molecule has 4 rings (SSSR count). The van der Waals surface area contributed by atoms with Crippen molar-refractivity contribution in [2.24, 2.45) is 7.05 Å². The van der Waals surface area contributed by atoms with Gasteiger partial charge in [-0.1, -0.05) is 18.2 Å². The van der Waals surface area contributed by atoms with E-state index in [-0.39, 0.29) is 24.2 Å². The van der Waals surface area contributed by atoms with E-state index in [0.29, 0.717) is 25.5 Å². The SMILES string of the molecule is CCO[C@H]1CC[C@H]2[C@H]1OCCN2C(=O)c1nn(C)c2ccccc12. The predicted octanol–water partition coefficient (Wildman–Crippen LogP) is 1.98. The minimum absolute atomic E-state index is 0.00208. The van der Waals surface area contributed by atoms with E-state index in [2.05, 4.69) is 5.10 Å². The number of aromatic nitrogens is 2. The number of morpholine rings is 1. The third kappa shape index (κ3) is 2.41. The maximum atomic E-state index is 13.2. The molecule has 1 aliphatic carbocycles. The van der Waals surface area contributed by atoms with E-state index in [1.165, 1.54) is 0 Å². The Morgan fingerprint density at radius 2 is 2.21 bits per heavy atom. The van der Waals surface area contributed by atoms with Crippen molar-refractivity contribution in [3.63, 3.8) is 0 Å². The van der Waals surface area contributed by atoms with Gasteiger partial charge in [0.15, 0.2) is 5.69 Å². The molecule has 3 atom stereocenters. The summed E-state index contributed by atoms with van der Waals surface area (Å²) >= 11 is 0. The van der Waals surface area contributed by atoms with Gasteiger partial charge in [-0.2, -0.15) is 5.10 Å². The maximum Gasteiger partial charge on any atom is 0.275 e. The van der Waals surface area contributed by atoms with Gasteiger partial charge in [0.2, 0.25) is 0 Å². The number of hydrogen-bond acceptors (Lipinski definition) is 4. The van der Waals surface area contributed by atoms with Crippen LogP contribution in [0.1, 0.15) is 30.3 Å². The fourth-order valence-electron chi connectivity index (χ4n) is 4.07. The Bertz CT molecular complexity index is 757. The first-order chi connectivity index (χ1) is 11.7. The summed E-state index contributed by atoms with van der Waals surface area (Å²) in [6.45, 7) is 3.85. The van der Waals surface area contributed by atoms with Crippen molar-refractivity contribution >= 4 is 16.8 Å². The number of nitrogens with zero attached hydrogens (tertiary/aromatic N) is 3. The van der Waals surface area contributed by atoms with Gasteiger partial charge in [-0.25, -0.2) is 0 Å². The molecule has 1 saturated carbocycles. The lowest BCUT2D eigenvalue weighted by atomic mass is 10.1. The number of carbonyl (C=O) groups excluding carboxylic acids is 1. The minimum Gasteiger partial charge on any atom is -0.376 e. The van der Waals surface area contributed by atoms with Gasteiger partial charge in [-0.15, -0.1) is 0 Å². The second-order valence-electron chi connectivity index (χ2n) is 6.46. The van der Waals surface area contributed by atoms with Crippen LogP contribution in [0, 0.1) is 0 Å². The Morgan fingerprint density at radius 3 is 3.04 bits per heavy atom. The molecule has 6 nitrogen and oxygen atoms in total. The predicted molar refractivity (Wildman–Crippen MR) is 89.9 cm³/mol. The Kier molecular flexibility index (Phi) is 4.02. The lowest BCUT2D eigenvalue weighted by Crippen LogP contribution is -2.54. The molecule has 2 aliphatic rings. The number of ether oxygens (including phenoxy) is 2. The number of hydrogen-bond donors (Lipinski definition) is 0. The molecule has 2 heterocycles. The van der Waals surface area contributed by atoms with E-state index in [9.17, 15) is 4.79 Å². The molecule has 0 radical (unpaired) electrons. The number of rotatable bonds is 3. The molecule has 2 fully saturated rings. The van der Waals surface area contributed by atoms with E-state index in [4.69, 9.17) is 9.47 Å². The zero-order valence-corrected chi connectivity index (χ0v) is 14.1. The average Bonchev–Trinajstić information content (AvgIpc) is 3.17. The molecule has 0 spiro atoms. The molecule has 2 aromatic rings. The van der Waals surface area contributed by atoms with E-state index in [0.717, 1.165) is 23.7 Å². The third-order valence-electron chi connectivity index (χ3n) is 5.14. The highest BCUT2D eigenvalue weighted by molar-refractivity contribution is 6.05. The molecule has 0 N–H and O–H groups in total. The lowest BCUT2D eigenvalue weighted by Gasteiger charge is -2.38. The summed E-state index contributed by atoms with van der Waals surface area (Å²) in [5.74, 6) is 0.00208. The highest BCUT2D eigenvalue weighted by Crippen LogP contribution is 2.33. The molecular weight excluding hydrogens is 306 g/mol. The van der Waals surface area contributed by atoms with Gasteiger partial charge in [0, 0.05) is 25.6 Å². The number of carbonyl (C=O) groups is 1. The number of benzene rings is 1. The molecule has 1 aromatic heterocycles. The minimum atomic E-state index is -0.0161.